The predicted octanol–water partition coefficient (Wildman–Crippen LogP) is 2.55. The second-order valence-corrected chi connectivity index (χ2v) is 7.18. The van der Waals surface area contributed by atoms with E-state index in [1.165, 1.54) is 32.4 Å². The highest BCUT2D eigenvalue weighted by atomic mass is 16.5. The smallest absolute Gasteiger partial charge is 0.108 e. The van der Waals surface area contributed by atoms with Crippen molar-refractivity contribution in [3.8, 4) is 6.07 Å². The molecule has 1 saturated carbocycles. The fourth-order valence-corrected chi connectivity index (χ4v) is 4.10. The van der Waals surface area contributed by atoms with Gasteiger partial charge in [0.1, 0.15) is 5.54 Å². The van der Waals surface area contributed by atoms with Gasteiger partial charge >= 0.3 is 0 Å². The molecule has 0 aromatic heterocycles. The Bertz CT molecular complexity index is 358. The highest BCUT2D eigenvalue weighted by Crippen LogP contribution is 2.33. The molecule has 0 amide bonds. The third kappa shape index (κ3) is 4.42. The number of rotatable bonds is 5. The van der Waals surface area contributed by atoms with Crippen molar-refractivity contribution in [2.45, 2.75) is 70.0 Å². The molecular weight excluding hydrogens is 262 g/mol. The molecule has 0 aromatic rings. The van der Waals surface area contributed by atoms with Crippen LogP contribution in [0.1, 0.15) is 52.4 Å². The van der Waals surface area contributed by atoms with Crippen LogP contribution in [0.3, 0.4) is 0 Å². The number of ether oxygens (including phenoxy) is 1. The first-order chi connectivity index (χ1) is 10.1. The van der Waals surface area contributed by atoms with E-state index < -0.39 is 0 Å². The first-order valence-corrected chi connectivity index (χ1v) is 8.50. The summed E-state index contributed by atoms with van der Waals surface area (Å²) < 4.78 is 5.28. The van der Waals surface area contributed by atoms with Crippen LogP contribution in [0, 0.1) is 17.2 Å². The molecule has 1 heterocycles. The molecule has 0 bridgehead atoms. The maximum absolute atomic E-state index is 9.67. The maximum Gasteiger partial charge on any atom is 0.108 e. The molecule has 1 aliphatic carbocycles. The molecule has 0 radical (unpaired) electrons. The van der Waals surface area contributed by atoms with E-state index in [-0.39, 0.29) is 5.54 Å². The average molecular weight is 293 g/mol. The van der Waals surface area contributed by atoms with Gasteiger partial charge in [-0.2, -0.15) is 5.26 Å². The van der Waals surface area contributed by atoms with Gasteiger partial charge in [-0.25, -0.2) is 0 Å². The number of nitrogens with one attached hydrogen (secondary N) is 1. The van der Waals surface area contributed by atoms with Crippen LogP contribution in [-0.4, -0.2) is 49.3 Å². The fourth-order valence-electron chi connectivity index (χ4n) is 4.10. The van der Waals surface area contributed by atoms with Crippen LogP contribution in [-0.2, 0) is 4.74 Å². The van der Waals surface area contributed by atoms with Gasteiger partial charge in [-0.05, 0) is 71.4 Å². The third-order valence-corrected chi connectivity index (χ3v) is 5.07. The number of hydrogen-bond donors (Lipinski definition) is 1. The zero-order valence-corrected chi connectivity index (χ0v) is 13.9. The monoisotopic (exact) mass is 293 g/mol. The van der Waals surface area contributed by atoms with E-state index in [9.17, 15) is 5.26 Å². The second kappa shape index (κ2) is 7.58. The van der Waals surface area contributed by atoms with E-state index in [0.29, 0.717) is 12.1 Å². The van der Waals surface area contributed by atoms with Crippen molar-refractivity contribution >= 4 is 0 Å². The summed E-state index contributed by atoms with van der Waals surface area (Å²) in [4.78, 5) is 2.62. The predicted molar refractivity (Wildman–Crippen MR) is 85.0 cm³/mol. The van der Waals surface area contributed by atoms with Crippen molar-refractivity contribution < 1.29 is 4.74 Å². The van der Waals surface area contributed by atoms with Crippen LogP contribution in [0.5, 0.6) is 0 Å². The van der Waals surface area contributed by atoms with Gasteiger partial charge in [0.25, 0.3) is 0 Å². The Morgan fingerprint density at radius 1 is 1.33 bits per heavy atom. The van der Waals surface area contributed by atoms with Crippen LogP contribution < -0.4 is 5.32 Å². The van der Waals surface area contributed by atoms with E-state index in [2.05, 4.69) is 30.1 Å². The molecule has 2 rings (SSSR count). The molecular formula is C17H31N3O. The summed E-state index contributed by atoms with van der Waals surface area (Å²) in [5.74, 6) is 0.726. The van der Waals surface area contributed by atoms with E-state index in [1.807, 2.05) is 0 Å². The van der Waals surface area contributed by atoms with Gasteiger partial charge in [0.2, 0.25) is 0 Å². The van der Waals surface area contributed by atoms with Gasteiger partial charge < -0.3 is 9.64 Å². The Labute approximate surface area is 129 Å². The molecule has 1 saturated heterocycles. The van der Waals surface area contributed by atoms with Crippen LogP contribution in [0.15, 0.2) is 0 Å². The van der Waals surface area contributed by atoms with Gasteiger partial charge in [-0.3, -0.25) is 5.32 Å². The number of hydrogen-bond acceptors (Lipinski definition) is 4. The highest BCUT2D eigenvalue weighted by molar-refractivity contribution is 5.11. The highest BCUT2D eigenvalue weighted by Gasteiger charge is 2.39. The molecule has 0 spiro atoms. The summed E-state index contributed by atoms with van der Waals surface area (Å²) in [7, 11) is 1.80. The Morgan fingerprint density at radius 3 is 2.62 bits per heavy atom. The van der Waals surface area contributed by atoms with Crippen LogP contribution in [0.2, 0.25) is 0 Å². The first-order valence-electron chi connectivity index (χ1n) is 8.50. The lowest BCUT2D eigenvalue weighted by molar-refractivity contribution is 0.0555. The summed E-state index contributed by atoms with van der Waals surface area (Å²) in [6.07, 6.45) is 6.87. The van der Waals surface area contributed by atoms with Crippen molar-refractivity contribution in [2.75, 3.05) is 26.8 Å². The molecule has 120 valence electrons. The van der Waals surface area contributed by atoms with E-state index in [1.54, 1.807) is 7.11 Å². The molecule has 4 heteroatoms. The Kier molecular flexibility index (Phi) is 6.04. The zero-order valence-electron chi connectivity index (χ0n) is 13.9. The molecule has 21 heavy (non-hydrogen) atoms. The summed E-state index contributed by atoms with van der Waals surface area (Å²) >= 11 is 0. The van der Waals surface area contributed by atoms with E-state index >= 15 is 0 Å². The summed E-state index contributed by atoms with van der Waals surface area (Å²) in [5.41, 5.74) is -0.305. The number of piperidine rings is 1. The topological polar surface area (TPSA) is 48.3 Å². The molecule has 0 aromatic carbocycles. The molecule has 2 fully saturated rings. The third-order valence-electron chi connectivity index (χ3n) is 5.07. The molecule has 2 aliphatic rings. The normalized spacial score (nSPS) is 32.2. The van der Waals surface area contributed by atoms with Crippen LogP contribution in [0.4, 0.5) is 0 Å². The Hall–Kier alpha value is -0.630. The lowest BCUT2D eigenvalue weighted by Crippen LogP contribution is -2.55. The second-order valence-electron chi connectivity index (χ2n) is 7.18. The largest absolute Gasteiger partial charge is 0.384 e. The van der Waals surface area contributed by atoms with Crippen molar-refractivity contribution in [3.05, 3.63) is 0 Å². The van der Waals surface area contributed by atoms with Gasteiger partial charge in [0, 0.05) is 25.8 Å². The maximum atomic E-state index is 9.67. The van der Waals surface area contributed by atoms with Crippen LogP contribution in [0.25, 0.3) is 0 Å². The SMILES string of the molecule is COCC1CCN(C2CCCC(C#N)(NC(C)C)C2)CC1. The van der Waals surface area contributed by atoms with Gasteiger partial charge in [0.15, 0.2) is 0 Å². The standard InChI is InChI=1S/C17H31N3O/c1-14(2)19-17(13-18)8-4-5-16(11-17)20-9-6-15(7-10-20)12-21-3/h14-16,19H,4-12H2,1-3H3. The number of methoxy groups -OCH3 is 1. The lowest BCUT2D eigenvalue weighted by Gasteiger charge is -2.44. The molecule has 1 aliphatic heterocycles. The van der Waals surface area contributed by atoms with Crippen molar-refractivity contribution in [1.82, 2.24) is 10.2 Å². The van der Waals surface area contributed by atoms with Gasteiger partial charge in [-0.15, -0.1) is 0 Å². The Morgan fingerprint density at radius 2 is 2.05 bits per heavy atom. The fraction of sp³-hybridized carbons (Fsp3) is 0.941. The van der Waals surface area contributed by atoms with Crippen LogP contribution >= 0.6 is 0 Å². The van der Waals surface area contributed by atoms with Crippen molar-refractivity contribution in [1.29, 1.82) is 5.26 Å². The minimum absolute atomic E-state index is 0.305. The Balaban J connectivity index is 1.91. The summed E-state index contributed by atoms with van der Waals surface area (Å²) in [6, 6.07) is 3.54. The van der Waals surface area contributed by atoms with E-state index in [0.717, 1.165) is 31.8 Å². The number of nitrogens with zero attached hydrogens (tertiary/aromatic N) is 2. The molecule has 2 unspecified atom stereocenters. The zero-order chi connectivity index (χ0) is 15.3. The minimum atomic E-state index is -0.305. The van der Waals surface area contributed by atoms with Crippen molar-refractivity contribution in [3.63, 3.8) is 0 Å². The van der Waals surface area contributed by atoms with Crippen molar-refractivity contribution in [2.24, 2.45) is 5.92 Å². The minimum Gasteiger partial charge on any atom is -0.384 e. The van der Waals surface area contributed by atoms with Gasteiger partial charge in [0.05, 0.1) is 6.07 Å². The molecule has 2 atom stereocenters. The summed E-state index contributed by atoms with van der Waals surface area (Å²) in [5, 5.41) is 13.2. The first kappa shape index (κ1) is 16.7. The number of nitriles is 1. The van der Waals surface area contributed by atoms with Gasteiger partial charge in [-0.1, -0.05) is 0 Å². The van der Waals surface area contributed by atoms with E-state index in [4.69, 9.17) is 4.74 Å². The average Bonchev–Trinajstić information content (AvgIpc) is 2.48. The molecule has 4 nitrogen and oxygen atoms in total. The number of likely N-dealkylation sites (tertiary alicyclic amines) is 1. The summed E-state index contributed by atoms with van der Waals surface area (Å²) in [6.45, 7) is 7.51. The molecule has 1 N–H and O–H groups in total. The lowest BCUT2D eigenvalue weighted by atomic mass is 9.78. The quantitative estimate of drug-likeness (QED) is 0.846.